The molecule has 1 atom stereocenters. The number of aromatic hydroxyl groups is 1. The number of halogens is 2. The number of aliphatic carboxylic acids is 1. The first-order chi connectivity index (χ1) is 6.91. The van der Waals surface area contributed by atoms with Gasteiger partial charge in [-0.3, -0.25) is 4.79 Å². The second-order valence-corrected chi connectivity index (χ2v) is 5.37. The minimum Gasteiger partial charge on any atom is -0.507 e. The number of carboxylic acid groups (broad SMARTS) is 1. The van der Waals surface area contributed by atoms with Crippen molar-refractivity contribution in [2.24, 2.45) is 5.73 Å². The third kappa shape index (κ3) is 3.45. The molecule has 1 aromatic rings. The molecule has 15 heavy (non-hydrogen) atoms. The lowest BCUT2D eigenvalue weighted by atomic mass is 10.1. The van der Waals surface area contributed by atoms with E-state index in [4.69, 9.17) is 10.8 Å². The van der Waals surface area contributed by atoms with E-state index in [0.29, 0.717) is 0 Å². The first kappa shape index (κ1) is 13.0. The van der Waals surface area contributed by atoms with Gasteiger partial charge in [0.1, 0.15) is 11.8 Å². The molecule has 0 heterocycles. The van der Waals surface area contributed by atoms with E-state index >= 15 is 0 Å². The van der Waals surface area contributed by atoms with Crippen LogP contribution in [-0.2, 0) is 11.2 Å². The summed E-state index contributed by atoms with van der Waals surface area (Å²) in [6.07, 6.45) is 0.220. The quantitative estimate of drug-likeness (QED) is 0.633. The van der Waals surface area contributed by atoms with Crippen molar-refractivity contribution in [2.45, 2.75) is 12.5 Å². The van der Waals surface area contributed by atoms with Gasteiger partial charge in [-0.2, -0.15) is 0 Å². The number of hydrogen-bond acceptors (Lipinski definition) is 3. The second-order valence-electron chi connectivity index (χ2n) is 3.04. The van der Waals surface area contributed by atoms with E-state index in [2.05, 4.69) is 22.6 Å². The van der Waals surface area contributed by atoms with Crippen molar-refractivity contribution in [3.8, 4) is 5.75 Å². The number of benzene rings is 1. The van der Waals surface area contributed by atoms with Gasteiger partial charge in [-0.05, 0) is 69.3 Å². The number of hydrogen-bond donors (Lipinski definition) is 3. The van der Waals surface area contributed by atoms with Gasteiger partial charge in [-0.25, -0.2) is 0 Å². The maximum atomic E-state index is 10.6. The maximum absolute atomic E-state index is 10.6. The van der Waals surface area contributed by atoms with Crippen LogP contribution in [0.3, 0.4) is 0 Å². The SMILES string of the molecule is N[C@@H](Cc1cc(O)c(I)cc1I)C(=O)O. The van der Waals surface area contributed by atoms with Crippen molar-refractivity contribution in [3.63, 3.8) is 0 Å². The van der Waals surface area contributed by atoms with Gasteiger partial charge in [0.05, 0.1) is 3.57 Å². The zero-order valence-electron chi connectivity index (χ0n) is 7.58. The van der Waals surface area contributed by atoms with Crippen LogP contribution in [0, 0.1) is 7.14 Å². The Morgan fingerprint density at radius 1 is 1.40 bits per heavy atom. The number of nitrogens with two attached hydrogens (primary N) is 1. The summed E-state index contributed by atoms with van der Waals surface area (Å²) in [5, 5.41) is 18.1. The number of rotatable bonds is 3. The first-order valence-corrected chi connectivity index (χ1v) is 6.23. The Morgan fingerprint density at radius 2 is 2.00 bits per heavy atom. The summed E-state index contributed by atoms with van der Waals surface area (Å²) in [6, 6.07) is 2.42. The number of carboxylic acids is 1. The van der Waals surface area contributed by atoms with Gasteiger partial charge in [0, 0.05) is 3.57 Å². The molecule has 0 aliphatic heterocycles. The fourth-order valence-electron chi connectivity index (χ4n) is 1.06. The monoisotopic (exact) mass is 433 g/mol. The Bertz CT molecular complexity index is 395. The summed E-state index contributed by atoms with van der Waals surface area (Å²) in [4.78, 5) is 10.6. The molecular weight excluding hydrogens is 424 g/mol. The molecule has 1 rings (SSSR count). The molecule has 0 aromatic heterocycles. The molecule has 0 radical (unpaired) electrons. The standard InChI is InChI=1S/C9H9I2NO3/c10-5-3-6(11)8(13)2-4(5)1-7(12)9(14)15/h2-3,7,13H,1,12H2,(H,14,15)/t7-/m0/s1. The Morgan fingerprint density at radius 3 is 2.53 bits per heavy atom. The molecule has 0 fully saturated rings. The number of carbonyl (C=O) groups is 1. The highest BCUT2D eigenvalue weighted by molar-refractivity contribution is 14.1. The number of phenolic OH excluding ortho intramolecular Hbond substituents is 1. The Kier molecular flexibility index (Phi) is 4.59. The van der Waals surface area contributed by atoms with E-state index in [9.17, 15) is 9.90 Å². The van der Waals surface area contributed by atoms with Crippen molar-refractivity contribution in [1.29, 1.82) is 0 Å². The van der Waals surface area contributed by atoms with Crippen molar-refractivity contribution >= 4 is 51.2 Å². The molecule has 0 saturated carbocycles. The van der Waals surface area contributed by atoms with E-state index in [1.165, 1.54) is 0 Å². The van der Waals surface area contributed by atoms with Crippen LogP contribution < -0.4 is 5.73 Å². The van der Waals surface area contributed by atoms with Crippen LogP contribution in [0.2, 0.25) is 0 Å². The largest absolute Gasteiger partial charge is 0.507 e. The summed E-state index contributed by atoms with van der Waals surface area (Å²) < 4.78 is 1.65. The predicted molar refractivity (Wildman–Crippen MR) is 72.9 cm³/mol. The highest BCUT2D eigenvalue weighted by Gasteiger charge is 2.15. The van der Waals surface area contributed by atoms with Crippen molar-refractivity contribution in [3.05, 3.63) is 24.8 Å². The summed E-state index contributed by atoms with van der Waals surface area (Å²) in [6.45, 7) is 0. The maximum Gasteiger partial charge on any atom is 0.320 e. The topological polar surface area (TPSA) is 83.5 Å². The van der Waals surface area contributed by atoms with Crippen molar-refractivity contribution < 1.29 is 15.0 Å². The molecule has 4 N–H and O–H groups in total. The van der Waals surface area contributed by atoms with Crippen LogP contribution >= 0.6 is 45.2 Å². The average Bonchev–Trinajstić information content (AvgIpc) is 2.13. The van der Waals surface area contributed by atoms with E-state index in [1.807, 2.05) is 22.6 Å². The Labute approximate surface area is 114 Å². The third-order valence-corrected chi connectivity index (χ3v) is 3.74. The van der Waals surface area contributed by atoms with Crippen molar-refractivity contribution in [1.82, 2.24) is 0 Å². The lowest BCUT2D eigenvalue weighted by Crippen LogP contribution is -2.32. The average molecular weight is 433 g/mol. The van der Waals surface area contributed by atoms with Crippen LogP contribution in [0.15, 0.2) is 12.1 Å². The molecule has 1 aromatic carbocycles. The van der Waals surface area contributed by atoms with Gasteiger partial charge in [0.25, 0.3) is 0 Å². The minimum absolute atomic E-state index is 0.156. The van der Waals surface area contributed by atoms with Gasteiger partial charge in [-0.15, -0.1) is 0 Å². The van der Waals surface area contributed by atoms with Crippen molar-refractivity contribution in [2.75, 3.05) is 0 Å². The summed E-state index contributed by atoms with van der Waals surface area (Å²) in [5.74, 6) is -0.882. The third-order valence-electron chi connectivity index (χ3n) is 1.87. The van der Waals surface area contributed by atoms with Crippen LogP contribution in [0.1, 0.15) is 5.56 Å². The molecule has 0 bridgehead atoms. The molecule has 0 saturated heterocycles. The molecule has 0 unspecified atom stereocenters. The van der Waals surface area contributed by atoms with E-state index in [-0.39, 0.29) is 12.2 Å². The lowest BCUT2D eigenvalue weighted by Gasteiger charge is -2.09. The van der Waals surface area contributed by atoms with Gasteiger partial charge >= 0.3 is 5.97 Å². The van der Waals surface area contributed by atoms with Crippen LogP contribution in [0.25, 0.3) is 0 Å². The molecule has 4 nitrogen and oxygen atoms in total. The fraction of sp³-hybridized carbons (Fsp3) is 0.222. The van der Waals surface area contributed by atoms with Gasteiger partial charge in [0.15, 0.2) is 0 Å². The zero-order chi connectivity index (χ0) is 11.6. The van der Waals surface area contributed by atoms with E-state index in [1.54, 1.807) is 12.1 Å². The van der Waals surface area contributed by atoms with Crippen LogP contribution in [0.4, 0.5) is 0 Å². The Hall–Kier alpha value is -0.0900. The van der Waals surface area contributed by atoms with Crippen LogP contribution in [-0.4, -0.2) is 22.2 Å². The molecule has 0 aliphatic carbocycles. The minimum atomic E-state index is -1.04. The molecular formula is C9H9I2NO3. The van der Waals surface area contributed by atoms with Gasteiger partial charge < -0.3 is 15.9 Å². The smallest absolute Gasteiger partial charge is 0.320 e. The summed E-state index contributed by atoms with van der Waals surface area (Å²) >= 11 is 4.11. The second kappa shape index (κ2) is 5.30. The molecule has 82 valence electrons. The summed E-state index contributed by atoms with van der Waals surface area (Å²) in [5.41, 5.74) is 6.17. The van der Waals surface area contributed by atoms with E-state index in [0.717, 1.165) is 12.7 Å². The lowest BCUT2D eigenvalue weighted by molar-refractivity contribution is -0.138. The normalized spacial score (nSPS) is 12.5. The number of phenols is 1. The summed E-state index contributed by atoms with van der Waals surface area (Å²) in [7, 11) is 0. The van der Waals surface area contributed by atoms with Gasteiger partial charge in [0.2, 0.25) is 0 Å². The first-order valence-electron chi connectivity index (χ1n) is 4.07. The van der Waals surface area contributed by atoms with Gasteiger partial charge in [-0.1, -0.05) is 0 Å². The van der Waals surface area contributed by atoms with E-state index < -0.39 is 12.0 Å². The highest BCUT2D eigenvalue weighted by atomic mass is 127. The van der Waals surface area contributed by atoms with Crippen LogP contribution in [0.5, 0.6) is 5.75 Å². The highest BCUT2D eigenvalue weighted by Crippen LogP contribution is 2.25. The fourth-order valence-corrected chi connectivity index (χ4v) is 2.81. The predicted octanol–water partition coefficient (Wildman–Crippen LogP) is 1.56. The molecule has 0 spiro atoms. The Balaban J connectivity index is 2.95. The molecule has 0 amide bonds. The zero-order valence-corrected chi connectivity index (χ0v) is 11.9. The molecule has 6 heteroatoms. The molecule has 0 aliphatic rings.